The van der Waals surface area contributed by atoms with E-state index in [0.29, 0.717) is 10.9 Å². The van der Waals surface area contributed by atoms with Gasteiger partial charge in [0.25, 0.3) is 0 Å². The van der Waals surface area contributed by atoms with Crippen molar-refractivity contribution in [2.75, 3.05) is 0 Å². The van der Waals surface area contributed by atoms with E-state index in [2.05, 4.69) is 15.9 Å². The Morgan fingerprint density at radius 3 is 2.67 bits per heavy atom. The topological polar surface area (TPSA) is 57.5 Å². The minimum atomic E-state index is -1.08. The van der Waals surface area contributed by atoms with Crippen molar-refractivity contribution in [3.63, 3.8) is 0 Å². The molecule has 2 N–H and O–H groups in total. The number of carboxylic acid groups (broad SMARTS) is 1. The van der Waals surface area contributed by atoms with Gasteiger partial charge in [0.05, 0.1) is 10.4 Å². The highest BCUT2D eigenvalue weighted by Gasteiger charge is 2.22. The molecule has 0 saturated heterocycles. The smallest absolute Gasteiger partial charge is 0.311 e. The van der Waals surface area contributed by atoms with E-state index in [1.165, 1.54) is 6.07 Å². The van der Waals surface area contributed by atoms with Crippen LogP contribution >= 0.6 is 15.9 Å². The van der Waals surface area contributed by atoms with Crippen LogP contribution in [0.1, 0.15) is 24.8 Å². The number of hydrogen-bond acceptors (Lipinski definition) is 2. The molecule has 0 aromatic heterocycles. The van der Waals surface area contributed by atoms with Gasteiger partial charge in [-0.25, -0.2) is 4.39 Å². The van der Waals surface area contributed by atoms with Crippen LogP contribution in [0.25, 0.3) is 0 Å². The lowest BCUT2D eigenvalue weighted by Crippen LogP contribution is -2.12. The Hall–Kier alpha value is -1.10. The first-order valence-electron chi connectivity index (χ1n) is 4.38. The Kier molecular flexibility index (Phi) is 3.68. The molecule has 15 heavy (non-hydrogen) atoms. The Morgan fingerprint density at radius 2 is 2.20 bits per heavy atom. The van der Waals surface area contributed by atoms with E-state index in [0.717, 1.165) is 6.07 Å². The first-order valence-corrected chi connectivity index (χ1v) is 5.17. The second kappa shape index (κ2) is 4.61. The number of hydrogen-bond donors (Lipinski definition) is 2. The summed E-state index contributed by atoms with van der Waals surface area (Å²) in [7, 11) is 0. The molecule has 0 amide bonds. The van der Waals surface area contributed by atoms with Crippen LogP contribution in [-0.2, 0) is 4.79 Å². The molecule has 1 atom stereocenters. The number of halogens is 2. The van der Waals surface area contributed by atoms with Crippen LogP contribution in [0.15, 0.2) is 16.6 Å². The largest absolute Gasteiger partial charge is 0.507 e. The molecule has 3 nitrogen and oxygen atoms in total. The third kappa shape index (κ3) is 2.47. The molecule has 0 saturated carbocycles. The standard InChI is InChI=1S/C10H10BrFO3/c1-2-5(10(14)15)6-3-7(11)9(13)4-8(6)12/h3-5,13H,2H2,1H3,(H,14,15). The average molecular weight is 277 g/mol. The summed E-state index contributed by atoms with van der Waals surface area (Å²) in [5.74, 6) is -2.91. The molecule has 5 heteroatoms. The van der Waals surface area contributed by atoms with Crippen molar-refractivity contribution >= 4 is 21.9 Å². The number of phenolic OH excluding ortho intramolecular Hbond substituents is 1. The van der Waals surface area contributed by atoms with E-state index >= 15 is 0 Å². The molecule has 1 rings (SSSR count). The maximum Gasteiger partial charge on any atom is 0.311 e. The second-order valence-corrected chi connectivity index (χ2v) is 3.98. The number of rotatable bonds is 3. The van der Waals surface area contributed by atoms with Gasteiger partial charge in [0.2, 0.25) is 0 Å². The lowest BCUT2D eigenvalue weighted by atomic mass is 9.96. The number of carbonyl (C=O) groups is 1. The molecule has 0 bridgehead atoms. The molecule has 0 aliphatic heterocycles. The minimum absolute atomic E-state index is 0.0784. The fourth-order valence-corrected chi connectivity index (χ4v) is 1.71. The number of benzene rings is 1. The summed E-state index contributed by atoms with van der Waals surface area (Å²) in [5.41, 5.74) is 0.0784. The Bertz CT molecular complexity index is 392. The van der Waals surface area contributed by atoms with Gasteiger partial charge in [0, 0.05) is 11.6 Å². The van der Waals surface area contributed by atoms with Crippen molar-refractivity contribution in [3.8, 4) is 5.75 Å². The zero-order valence-corrected chi connectivity index (χ0v) is 9.58. The van der Waals surface area contributed by atoms with Gasteiger partial charge in [-0.3, -0.25) is 4.79 Å². The van der Waals surface area contributed by atoms with Gasteiger partial charge in [-0.05, 0) is 28.4 Å². The molecule has 1 aromatic rings. The van der Waals surface area contributed by atoms with Crippen molar-refractivity contribution in [1.82, 2.24) is 0 Å². The third-order valence-corrected chi connectivity index (χ3v) is 2.78. The molecule has 0 heterocycles. The van der Waals surface area contributed by atoms with Gasteiger partial charge in [0.15, 0.2) is 0 Å². The van der Waals surface area contributed by atoms with Crippen molar-refractivity contribution in [2.45, 2.75) is 19.3 Å². The van der Waals surface area contributed by atoms with Crippen molar-refractivity contribution < 1.29 is 19.4 Å². The first-order chi connectivity index (χ1) is 6.97. The van der Waals surface area contributed by atoms with Gasteiger partial charge in [-0.1, -0.05) is 6.92 Å². The number of carboxylic acids is 1. The summed E-state index contributed by atoms with van der Waals surface area (Å²) in [5, 5.41) is 18.1. The summed E-state index contributed by atoms with van der Waals surface area (Å²) in [6, 6.07) is 2.21. The predicted octanol–water partition coefficient (Wildman–Crippen LogP) is 2.87. The van der Waals surface area contributed by atoms with Crippen LogP contribution in [0.4, 0.5) is 4.39 Å². The van der Waals surface area contributed by atoms with Crippen LogP contribution in [0.3, 0.4) is 0 Å². The number of aliphatic carboxylic acids is 1. The van der Waals surface area contributed by atoms with E-state index in [1.807, 2.05) is 0 Å². The van der Waals surface area contributed by atoms with Gasteiger partial charge in [-0.15, -0.1) is 0 Å². The Labute approximate surface area is 94.7 Å². The molecule has 0 radical (unpaired) electrons. The summed E-state index contributed by atoms with van der Waals surface area (Å²) >= 11 is 3.02. The Morgan fingerprint density at radius 1 is 1.60 bits per heavy atom. The van der Waals surface area contributed by atoms with E-state index in [1.54, 1.807) is 6.92 Å². The molecular formula is C10H10BrFO3. The normalized spacial score (nSPS) is 12.5. The molecule has 82 valence electrons. The van der Waals surface area contributed by atoms with Gasteiger partial charge in [0.1, 0.15) is 11.6 Å². The molecule has 1 unspecified atom stereocenters. The van der Waals surface area contributed by atoms with E-state index in [9.17, 15) is 14.3 Å². The van der Waals surface area contributed by atoms with Crippen molar-refractivity contribution in [3.05, 3.63) is 28.0 Å². The van der Waals surface area contributed by atoms with Crippen molar-refractivity contribution in [2.24, 2.45) is 0 Å². The molecule has 0 fully saturated rings. The molecule has 1 aromatic carbocycles. The zero-order valence-electron chi connectivity index (χ0n) is 8.00. The second-order valence-electron chi connectivity index (χ2n) is 3.12. The van der Waals surface area contributed by atoms with Crippen LogP contribution in [0.5, 0.6) is 5.75 Å². The minimum Gasteiger partial charge on any atom is -0.507 e. The quantitative estimate of drug-likeness (QED) is 0.893. The molecule has 0 aliphatic rings. The van der Waals surface area contributed by atoms with Gasteiger partial charge in [-0.2, -0.15) is 0 Å². The predicted molar refractivity (Wildman–Crippen MR) is 56.4 cm³/mol. The fraction of sp³-hybridized carbons (Fsp3) is 0.300. The summed E-state index contributed by atoms with van der Waals surface area (Å²) in [6.07, 6.45) is 0.295. The maximum atomic E-state index is 13.4. The molecule has 0 spiro atoms. The van der Waals surface area contributed by atoms with Gasteiger partial charge >= 0.3 is 5.97 Å². The fourth-order valence-electron chi connectivity index (χ4n) is 1.35. The summed E-state index contributed by atoms with van der Waals surface area (Å²) in [4.78, 5) is 10.8. The van der Waals surface area contributed by atoms with E-state index < -0.39 is 17.7 Å². The highest BCUT2D eigenvalue weighted by molar-refractivity contribution is 9.10. The molecule has 0 aliphatic carbocycles. The SMILES string of the molecule is CCC(C(=O)O)c1cc(Br)c(O)cc1F. The van der Waals surface area contributed by atoms with Gasteiger partial charge < -0.3 is 10.2 Å². The lowest BCUT2D eigenvalue weighted by molar-refractivity contribution is -0.138. The number of aromatic hydroxyl groups is 1. The summed E-state index contributed by atoms with van der Waals surface area (Å²) in [6.45, 7) is 1.67. The third-order valence-electron chi connectivity index (χ3n) is 2.15. The number of phenols is 1. The maximum absolute atomic E-state index is 13.4. The van der Waals surface area contributed by atoms with E-state index in [-0.39, 0.29) is 11.3 Å². The average Bonchev–Trinajstić information content (AvgIpc) is 2.14. The zero-order chi connectivity index (χ0) is 11.6. The van der Waals surface area contributed by atoms with Crippen LogP contribution < -0.4 is 0 Å². The first kappa shape index (κ1) is 12.0. The van der Waals surface area contributed by atoms with Crippen molar-refractivity contribution in [1.29, 1.82) is 0 Å². The van der Waals surface area contributed by atoms with E-state index in [4.69, 9.17) is 5.11 Å². The Balaban J connectivity index is 3.24. The van der Waals surface area contributed by atoms with Crippen LogP contribution in [0.2, 0.25) is 0 Å². The monoisotopic (exact) mass is 276 g/mol. The highest BCUT2D eigenvalue weighted by atomic mass is 79.9. The molecular weight excluding hydrogens is 267 g/mol. The lowest BCUT2D eigenvalue weighted by Gasteiger charge is -2.12. The van der Waals surface area contributed by atoms with Crippen LogP contribution in [-0.4, -0.2) is 16.2 Å². The summed E-state index contributed by atoms with van der Waals surface area (Å²) < 4.78 is 13.7. The highest BCUT2D eigenvalue weighted by Crippen LogP contribution is 2.31. The van der Waals surface area contributed by atoms with Crippen LogP contribution in [0, 0.1) is 5.82 Å².